The lowest BCUT2D eigenvalue weighted by atomic mass is 9.88. The molecule has 0 aromatic carbocycles. The monoisotopic (exact) mass is 251 g/mol. The van der Waals surface area contributed by atoms with E-state index in [9.17, 15) is 9.90 Å². The Morgan fingerprint density at radius 3 is 2.50 bits per heavy atom. The molecular weight excluding hydrogens is 230 g/mol. The van der Waals surface area contributed by atoms with E-state index in [1.807, 2.05) is 0 Å². The molecule has 0 bridgehead atoms. The topological polar surface area (TPSA) is 63.3 Å². The fourth-order valence-corrected chi connectivity index (χ4v) is 2.66. The lowest BCUT2D eigenvalue weighted by molar-refractivity contribution is 0.0692. The second-order valence-corrected chi connectivity index (χ2v) is 6.39. The summed E-state index contributed by atoms with van der Waals surface area (Å²) < 4.78 is 5.36. The van der Waals surface area contributed by atoms with Gasteiger partial charge in [0, 0.05) is 5.92 Å². The van der Waals surface area contributed by atoms with Crippen LogP contribution >= 0.6 is 0 Å². The molecule has 0 saturated heterocycles. The average Bonchev–Trinajstić information content (AvgIpc) is 2.81. The lowest BCUT2D eigenvalue weighted by Crippen LogP contribution is -2.13. The highest BCUT2D eigenvalue weighted by Gasteiger charge is 2.31. The van der Waals surface area contributed by atoms with Gasteiger partial charge in [-0.05, 0) is 24.7 Å². The van der Waals surface area contributed by atoms with Gasteiger partial charge in [-0.15, -0.1) is 0 Å². The number of aromatic nitrogens is 1. The minimum absolute atomic E-state index is 0.00796. The van der Waals surface area contributed by atoms with Crippen molar-refractivity contribution in [3.63, 3.8) is 0 Å². The number of hydrogen-bond acceptors (Lipinski definition) is 3. The SMILES string of the molecule is CC(C)(C)Cc1noc(C2CCCC2)c1C(=O)O. The van der Waals surface area contributed by atoms with E-state index in [-0.39, 0.29) is 11.3 Å². The van der Waals surface area contributed by atoms with Crippen LogP contribution in [0.2, 0.25) is 0 Å². The summed E-state index contributed by atoms with van der Waals surface area (Å²) in [6.45, 7) is 6.22. The van der Waals surface area contributed by atoms with Crippen LogP contribution in [0.1, 0.15) is 74.2 Å². The first-order chi connectivity index (χ1) is 8.38. The van der Waals surface area contributed by atoms with Crippen molar-refractivity contribution in [3.8, 4) is 0 Å². The van der Waals surface area contributed by atoms with Crippen LogP contribution in [0.25, 0.3) is 0 Å². The van der Waals surface area contributed by atoms with Crippen LogP contribution in [0.5, 0.6) is 0 Å². The molecule has 0 radical (unpaired) electrons. The molecule has 1 heterocycles. The number of hydrogen-bond donors (Lipinski definition) is 1. The average molecular weight is 251 g/mol. The maximum atomic E-state index is 11.4. The van der Waals surface area contributed by atoms with Gasteiger partial charge in [0.1, 0.15) is 5.56 Å². The lowest BCUT2D eigenvalue weighted by Gasteiger charge is -2.16. The van der Waals surface area contributed by atoms with E-state index in [1.54, 1.807) is 0 Å². The van der Waals surface area contributed by atoms with E-state index in [0.29, 0.717) is 23.4 Å². The molecule has 1 fully saturated rings. The number of carbonyl (C=O) groups is 1. The van der Waals surface area contributed by atoms with E-state index in [4.69, 9.17) is 4.52 Å². The summed E-state index contributed by atoms with van der Waals surface area (Å²) in [5, 5.41) is 13.4. The third-order valence-electron chi connectivity index (χ3n) is 3.43. The summed E-state index contributed by atoms with van der Waals surface area (Å²) in [6.07, 6.45) is 4.97. The van der Waals surface area contributed by atoms with Gasteiger partial charge >= 0.3 is 5.97 Å². The zero-order valence-electron chi connectivity index (χ0n) is 11.3. The normalized spacial score (nSPS) is 17.3. The standard InChI is InChI=1S/C14H21NO3/c1-14(2,3)8-10-11(13(16)17)12(18-15-10)9-6-4-5-7-9/h9H,4-8H2,1-3H3,(H,16,17). The molecule has 4 heteroatoms. The van der Waals surface area contributed by atoms with E-state index in [0.717, 1.165) is 25.7 Å². The van der Waals surface area contributed by atoms with Gasteiger partial charge in [0.25, 0.3) is 0 Å². The second-order valence-electron chi connectivity index (χ2n) is 6.39. The first-order valence-electron chi connectivity index (χ1n) is 6.60. The van der Waals surface area contributed by atoms with Gasteiger partial charge in [0.2, 0.25) is 0 Å². The Balaban J connectivity index is 2.33. The van der Waals surface area contributed by atoms with Crippen LogP contribution < -0.4 is 0 Å². The van der Waals surface area contributed by atoms with Crippen molar-refractivity contribution in [1.82, 2.24) is 5.16 Å². The molecule has 1 aromatic rings. The van der Waals surface area contributed by atoms with Gasteiger partial charge < -0.3 is 9.63 Å². The summed E-state index contributed by atoms with van der Waals surface area (Å²) in [5.41, 5.74) is 0.919. The van der Waals surface area contributed by atoms with E-state index in [1.165, 1.54) is 0 Å². The van der Waals surface area contributed by atoms with Gasteiger partial charge in [-0.25, -0.2) is 4.79 Å². The second kappa shape index (κ2) is 4.75. The number of carboxylic acids is 1. The molecule has 1 N–H and O–H groups in total. The Kier molecular flexibility index (Phi) is 3.46. The van der Waals surface area contributed by atoms with E-state index < -0.39 is 5.97 Å². The summed E-state index contributed by atoms with van der Waals surface area (Å²) in [4.78, 5) is 11.4. The van der Waals surface area contributed by atoms with Crippen LogP contribution in [0.15, 0.2) is 4.52 Å². The smallest absolute Gasteiger partial charge is 0.341 e. The largest absolute Gasteiger partial charge is 0.477 e. The van der Waals surface area contributed by atoms with Crippen molar-refractivity contribution in [1.29, 1.82) is 0 Å². The number of aromatic carboxylic acids is 1. The first-order valence-corrected chi connectivity index (χ1v) is 6.60. The molecule has 1 aliphatic carbocycles. The van der Waals surface area contributed by atoms with Crippen LogP contribution in [-0.2, 0) is 6.42 Å². The van der Waals surface area contributed by atoms with Crippen molar-refractivity contribution in [3.05, 3.63) is 17.0 Å². The molecule has 0 amide bonds. The van der Waals surface area contributed by atoms with E-state index >= 15 is 0 Å². The molecule has 100 valence electrons. The summed E-state index contributed by atoms with van der Waals surface area (Å²) in [7, 11) is 0. The predicted octanol–water partition coefficient (Wildman–Crippen LogP) is 3.62. The zero-order valence-corrected chi connectivity index (χ0v) is 11.3. The third-order valence-corrected chi connectivity index (χ3v) is 3.43. The highest BCUT2D eigenvalue weighted by Crippen LogP contribution is 2.37. The van der Waals surface area contributed by atoms with Gasteiger partial charge in [0.05, 0.1) is 5.69 Å². The van der Waals surface area contributed by atoms with Crippen molar-refractivity contribution in [2.75, 3.05) is 0 Å². The highest BCUT2D eigenvalue weighted by molar-refractivity contribution is 5.90. The summed E-state index contributed by atoms with van der Waals surface area (Å²) >= 11 is 0. The Labute approximate surface area is 107 Å². The molecular formula is C14H21NO3. The molecule has 1 aliphatic rings. The predicted molar refractivity (Wildman–Crippen MR) is 67.8 cm³/mol. The summed E-state index contributed by atoms with van der Waals surface area (Å²) in [6, 6.07) is 0. The molecule has 2 rings (SSSR count). The van der Waals surface area contributed by atoms with Gasteiger partial charge in [-0.3, -0.25) is 0 Å². The van der Waals surface area contributed by atoms with Crippen LogP contribution in [-0.4, -0.2) is 16.2 Å². The third kappa shape index (κ3) is 2.74. The molecule has 0 atom stereocenters. The highest BCUT2D eigenvalue weighted by atomic mass is 16.5. The number of carboxylic acid groups (broad SMARTS) is 1. The molecule has 4 nitrogen and oxygen atoms in total. The molecule has 1 saturated carbocycles. The van der Waals surface area contributed by atoms with Gasteiger partial charge in [-0.1, -0.05) is 38.8 Å². The minimum atomic E-state index is -0.905. The van der Waals surface area contributed by atoms with Crippen LogP contribution in [0.4, 0.5) is 0 Å². The van der Waals surface area contributed by atoms with Crippen LogP contribution in [0, 0.1) is 5.41 Å². The number of rotatable bonds is 3. The molecule has 0 aliphatic heterocycles. The molecule has 18 heavy (non-hydrogen) atoms. The first kappa shape index (κ1) is 13.1. The molecule has 1 aromatic heterocycles. The van der Waals surface area contributed by atoms with Crippen molar-refractivity contribution in [2.45, 2.75) is 58.8 Å². The Morgan fingerprint density at radius 2 is 2.00 bits per heavy atom. The van der Waals surface area contributed by atoms with Gasteiger partial charge in [0.15, 0.2) is 5.76 Å². The Hall–Kier alpha value is -1.32. The van der Waals surface area contributed by atoms with E-state index in [2.05, 4.69) is 25.9 Å². The molecule has 0 unspecified atom stereocenters. The maximum absolute atomic E-state index is 11.4. The fraction of sp³-hybridized carbons (Fsp3) is 0.714. The van der Waals surface area contributed by atoms with Crippen molar-refractivity contribution >= 4 is 5.97 Å². The minimum Gasteiger partial charge on any atom is -0.477 e. The Bertz CT molecular complexity index is 436. The van der Waals surface area contributed by atoms with Crippen molar-refractivity contribution in [2.24, 2.45) is 5.41 Å². The quantitative estimate of drug-likeness (QED) is 0.891. The zero-order chi connectivity index (χ0) is 13.3. The Morgan fingerprint density at radius 1 is 1.39 bits per heavy atom. The van der Waals surface area contributed by atoms with Crippen molar-refractivity contribution < 1.29 is 14.4 Å². The fourth-order valence-electron chi connectivity index (χ4n) is 2.66. The van der Waals surface area contributed by atoms with Gasteiger partial charge in [-0.2, -0.15) is 0 Å². The molecule has 0 spiro atoms. The number of nitrogens with zero attached hydrogens (tertiary/aromatic N) is 1. The summed E-state index contributed by atoms with van der Waals surface area (Å²) in [5.74, 6) is -0.0611. The van der Waals surface area contributed by atoms with Crippen LogP contribution in [0.3, 0.4) is 0 Å². The maximum Gasteiger partial charge on any atom is 0.341 e.